The van der Waals surface area contributed by atoms with Crippen LogP contribution >= 0.6 is 11.8 Å². The Morgan fingerprint density at radius 2 is 1.72 bits per heavy atom. The Bertz CT molecular complexity index is 632. The Hall–Kier alpha value is -1.28. The molecule has 164 valence electrons. The van der Waals surface area contributed by atoms with Crippen LogP contribution in [0.25, 0.3) is 0 Å². The first-order chi connectivity index (χ1) is 13.6. The quantitative estimate of drug-likeness (QED) is 0.673. The van der Waals surface area contributed by atoms with Crippen LogP contribution in [0.15, 0.2) is 4.99 Å². The van der Waals surface area contributed by atoms with E-state index in [1.807, 2.05) is 27.7 Å². The number of hydrogen-bond donors (Lipinski definition) is 2. The number of ether oxygens (including phenoxy) is 1. The summed E-state index contributed by atoms with van der Waals surface area (Å²) in [5, 5.41) is 7.77. The lowest BCUT2D eigenvalue weighted by molar-refractivity contribution is -0.120. The minimum atomic E-state index is -0.730. The zero-order valence-corrected chi connectivity index (χ0v) is 19.1. The molecule has 1 saturated heterocycles. The summed E-state index contributed by atoms with van der Waals surface area (Å²) in [4.78, 5) is 30.2. The van der Waals surface area contributed by atoms with Gasteiger partial charge >= 0.3 is 6.09 Å². The molecule has 0 bridgehead atoms. The van der Waals surface area contributed by atoms with Crippen molar-refractivity contribution in [1.82, 2.24) is 15.5 Å². The molecule has 8 heteroatoms. The van der Waals surface area contributed by atoms with Gasteiger partial charge in [0.2, 0.25) is 0 Å². The smallest absolute Gasteiger partial charge is 0.410 e. The van der Waals surface area contributed by atoms with E-state index in [1.54, 1.807) is 4.90 Å². The first-order valence-corrected chi connectivity index (χ1v) is 11.8. The van der Waals surface area contributed by atoms with Gasteiger partial charge in [0.15, 0.2) is 10.0 Å². The third-order valence-corrected chi connectivity index (χ3v) is 6.82. The van der Waals surface area contributed by atoms with Gasteiger partial charge in [0, 0.05) is 25.2 Å². The van der Waals surface area contributed by atoms with Gasteiger partial charge in [-0.25, -0.2) is 4.79 Å². The number of aliphatic imine (C=N–C) groups is 1. The number of rotatable bonds is 3. The number of amidine groups is 1. The summed E-state index contributed by atoms with van der Waals surface area (Å²) in [5.41, 5.74) is -0.481. The zero-order chi connectivity index (χ0) is 21.1. The second kappa shape index (κ2) is 9.25. The number of carbonyl (C=O) groups is 2. The van der Waals surface area contributed by atoms with E-state index in [2.05, 4.69) is 15.6 Å². The molecular formula is C21H36N4O3S. The maximum Gasteiger partial charge on any atom is 0.410 e. The van der Waals surface area contributed by atoms with Crippen molar-refractivity contribution in [3.63, 3.8) is 0 Å². The number of carbonyl (C=O) groups excluding carboxylic acids is 2. The standard InChI is InChI=1S/C21H36N4O3S/c1-20(2,3)28-19(27)25-13-11-16(12-14-25)24-21(4)17(26)23-18(29-21)22-15-9-7-5-6-8-10-15/h15-16,24H,5-14H2,1-4H3,(H,22,23,26). The normalized spacial score (nSPS) is 27.5. The van der Waals surface area contributed by atoms with Gasteiger partial charge < -0.3 is 15.0 Å². The molecule has 2 aliphatic heterocycles. The second-order valence-corrected chi connectivity index (χ2v) is 11.0. The van der Waals surface area contributed by atoms with E-state index in [0.29, 0.717) is 19.1 Å². The van der Waals surface area contributed by atoms with E-state index in [0.717, 1.165) is 30.9 Å². The average Bonchev–Trinajstić information content (AvgIpc) is 2.79. The van der Waals surface area contributed by atoms with Crippen molar-refractivity contribution in [1.29, 1.82) is 0 Å². The molecule has 2 heterocycles. The number of hydrogen-bond acceptors (Lipinski definition) is 6. The van der Waals surface area contributed by atoms with Gasteiger partial charge in [-0.1, -0.05) is 37.4 Å². The molecule has 1 saturated carbocycles. The Morgan fingerprint density at radius 1 is 1.10 bits per heavy atom. The molecule has 1 unspecified atom stereocenters. The Kier molecular flexibility index (Phi) is 7.14. The zero-order valence-electron chi connectivity index (χ0n) is 18.3. The highest BCUT2D eigenvalue weighted by Crippen LogP contribution is 2.33. The van der Waals surface area contributed by atoms with E-state index in [9.17, 15) is 9.59 Å². The minimum absolute atomic E-state index is 0.117. The fourth-order valence-corrected chi connectivity index (χ4v) is 5.23. The topological polar surface area (TPSA) is 83.0 Å². The fraction of sp³-hybridized carbons (Fsp3) is 0.857. The molecule has 2 N–H and O–H groups in total. The van der Waals surface area contributed by atoms with Crippen LogP contribution in [0.2, 0.25) is 0 Å². The van der Waals surface area contributed by atoms with Crippen LogP contribution in [0.5, 0.6) is 0 Å². The van der Waals surface area contributed by atoms with Gasteiger partial charge in [-0.05, 0) is 53.4 Å². The average molecular weight is 425 g/mol. The summed E-state index contributed by atoms with van der Waals surface area (Å²) < 4.78 is 5.46. The lowest BCUT2D eigenvalue weighted by atomic mass is 10.0. The number of likely N-dealkylation sites (tertiary alicyclic amines) is 1. The molecule has 0 aromatic carbocycles. The largest absolute Gasteiger partial charge is 0.444 e. The number of nitrogens with zero attached hydrogens (tertiary/aromatic N) is 2. The SMILES string of the molecule is CC(C)(C)OC(=O)N1CCC(NC2(C)SC(NC3CCCCCC3)=NC2=O)CC1. The number of nitrogens with one attached hydrogen (secondary N) is 2. The molecule has 2 amide bonds. The van der Waals surface area contributed by atoms with Gasteiger partial charge in [-0.15, -0.1) is 0 Å². The third-order valence-electron chi connectivity index (χ3n) is 5.72. The molecule has 2 fully saturated rings. The molecule has 0 aromatic heterocycles. The first-order valence-electron chi connectivity index (χ1n) is 11.0. The lowest BCUT2D eigenvalue weighted by Gasteiger charge is -2.36. The van der Waals surface area contributed by atoms with Gasteiger partial charge in [0.1, 0.15) is 5.60 Å². The van der Waals surface area contributed by atoms with Crippen LogP contribution in [0, 0.1) is 0 Å². The highest BCUT2D eigenvalue weighted by atomic mass is 32.2. The number of amides is 2. The molecule has 29 heavy (non-hydrogen) atoms. The second-order valence-electron chi connectivity index (χ2n) is 9.58. The van der Waals surface area contributed by atoms with Crippen molar-refractivity contribution >= 4 is 28.9 Å². The molecule has 0 spiro atoms. The van der Waals surface area contributed by atoms with Crippen molar-refractivity contribution < 1.29 is 14.3 Å². The van der Waals surface area contributed by atoms with Crippen molar-refractivity contribution in [3.05, 3.63) is 0 Å². The Morgan fingerprint density at radius 3 is 2.31 bits per heavy atom. The van der Waals surface area contributed by atoms with Crippen molar-refractivity contribution in [2.75, 3.05) is 13.1 Å². The van der Waals surface area contributed by atoms with Gasteiger partial charge in [0.05, 0.1) is 0 Å². The third kappa shape index (κ3) is 6.35. The summed E-state index contributed by atoms with van der Waals surface area (Å²) in [6, 6.07) is 0.610. The van der Waals surface area contributed by atoms with E-state index >= 15 is 0 Å². The van der Waals surface area contributed by atoms with E-state index in [4.69, 9.17) is 4.74 Å². The van der Waals surface area contributed by atoms with Crippen LogP contribution in [0.4, 0.5) is 4.79 Å². The highest BCUT2D eigenvalue weighted by molar-refractivity contribution is 8.16. The maximum absolute atomic E-state index is 12.6. The summed E-state index contributed by atoms with van der Waals surface area (Å²) in [6.45, 7) is 8.83. The summed E-state index contributed by atoms with van der Waals surface area (Å²) in [6.07, 6.45) is 8.75. The van der Waals surface area contributed by atoms with E-state index < -0.39 is 10.5 Å². The van der Waals surface area contributed by atoms with Gasteiger partial charge in [-0.3, -0.25) is 10.1 Å². The fourth-order valence-electron chi connectivity index (χ4n) is 4.13. The summed E-state index contributed by atoms with van der Waals surface area (Å²) in [7, 11) is 0. The molecule has 0 radical (unpaired) electrons. The number of piperidine rings is 1. The van der Waals surface area contributed by atoms with Crippen molar-refractivity contribution in [2.24, 2.45) is 4.99 Å². The number of thioether (sulfide) groups is 1. The first kappa shape index (κ1) is 22.4. The van der Waals surface area contributed by atoms with Crippen LogP contribution in [0.3, 0.4) is 0 Å². The molecule has 0 aromatic rings. The van der Waals surface area contributed by atoms with E-state index in [-0.39, 0.29) is 18.0 Å². The molecule has 1 aliphatic carbocycles. The van der Waals surface area contributed by atoms with E-state index in [1.165, 1.54) is 37.4 Å². The predicted molar refractivity (Wildman–Crippen MR) is 117 cm³/mol. The van der Waals surface area contributed by atoms with Crippen LogP contribution in [-0.4, -0.2) is 57.7 Å². The Balaban J connectivity index is 1.47. The lowest BCUT2D eigenvalue weighted by Crippen LogP contribution is -2.54. The molecule has 1 atom stereocenters. The molecule has 3 aliphatic rings. The summed E-state index contributed by atoms with van der Waals surface area (Å²) >= 11 is 1.50. The monoisotopic (exact) mass is 424 g/mol. The minimum Gasteiger partial charge on any atom is -0.444 e. The van der Waals surface area contributed by atoms with Crippen LogP contribution in [-0.2, 0) is 9.53 Å². The van der Waals surface area contributed by atoms with Crippen LogP contribution in [0.1, 0.15) is 79.1 Å². The van der Waals surface area contributed by atoms with Crippen molar-refractivity contribution in [3.8, 4) is 0 Å². The van der Waals surface area contributed by atoms with Gasteiger partial charge in [0.25, 0.3) is 5.91 Å². The Labute approximate surface area is 178 Å². The molecule has 7 nitrogen and oxygen atoms in total. The van der Waals surface area contributed by atoms with Gasteiger partial charge in [-0.2, -0.15) is 4.99 Å². The molecular weight excluding hydrogens is 388 g/mol. The van der Waals surface area contributed by atoms with Crippen LogP contribution < -0.4 is 10.6 Å². The highest BCUT2D eigenvalue weighted by Gasteiger charge is 2.43. The summed E-state index contributed by atoms with van der Waals surface area (Å²) in [5.74, 6) is -0.117. The van der Waals surface area contributed by atoms with Crippen molar-refractivity contribution in [2.45, 2.75) is 102 Å². The maximum atomic E-state index is 12.6. The predicted octanol–water partition coefficient (Wildman–Crippen LogP) is 3.63. The molecule has 3 rings (SSSR count).